The van der Waals surface area contributed by atoms with Gasteiger partial charge >= 0.3 is 0 Å². The third-order valence-electron chi connectivity index (χ3n) is 1.70. The van der Waals surface area contributed by atoms with Gasteiger partial charge in [-0.2, -0.15) is 0 Å². The van der Waals surface area contributed by atoms with Crippen LogP contribution in [0.2, 0.25) is 0 Å². The third kappa shape index (κ3) is 3.68. The fourth-order valence-corrected chi connectivity index (χ4v) is 1.37. The zero-order valence-electron chi connectivity index (χ0n) is 7.59. The number of carbonyl (C=O) groups is 1. The third-order valence-corrected chi connectivity index (χ3v) is 2.50. The summed E-state index contributed by atoms with van der Waals surface area (Å²) in [5, 5.41) is 2.78. The number of nitrogens with one attached hydrogen (secondary N) is 1. The molecule has 0 radical (unpaired) electrons. The molecule has 0 aliphatic rings. The molecule has 2 nitrogen and oxygen atoms in total. The normalized spacial score (nSPS) is 9.86. The lowest BCUT2D eigenvalue weighted by Crippen LogP contribution is -2.24. The van der Waals surface area contributed by atoms with Crippen molar-refractivity contribution < 1.29 is 4.79 Å². The molecular weight excluding hydrogens is 265 g/mol. The van der Waals surface area contributed by atoms with Crippen LogP contribution in [0.3, 0.4) is 0 Å². The van der Waals surface area contributed by atoms with Crippen molar-refractivity contribution in [2.45, 2.75) is 6.42 Å². The summed E-state index contributed by atoms with van der Waals surface area (Å²) < 4.78 is 0.967. The van der Waals surface area contributed by atoms with Gasteiger partial charge in [-0.15, -0.1) is 11.6 Å². The van der Waals surface area contributed by atoms with Crippen molar-refractivity contribution >= 4 is 33.4 Å². The van der Waals surface area contributed by atoms with Crippen molar-refractivity contribution in [3.05, 3.63) is 34.3 Å². The molecular formula is C10H11BrClNO. The number of rotatable bonds is 4. The summed E-state index contributed by atoms with van der Waals surface area (Å²) in [5.41, 5.74) is 0.669. The molecule has 4 heteroatoms. The molecule has 0 fully saturated rings. The van der Waals surface area contributed by atoms with Crippen molar-refractivity contribution in [3.63, 3.8) is 0 Å². The maximum Gasteiger partial charge on any atom is 0.251 e. The molecule has 0 spiro atoms. The van der Waals surface area contributed by atoms with Crippen molar-refractivity contribution in [1.82, 2.24) is 5.32 Å². The van der Waals surface area contributed by atoms with E-state index in [1.165, 1.54) is 0 Å². The highest BCUT2D eigenvalue weighted by Gasteiger charge is 2.02. The summed E-state index contributed by atoms with van der Waals surface area (Å²) >= 11 is 8.80. The first-order chi connectivity index (χ1) is 6.74. The Morgan fingerprint density at radius 2 is 2.00 bits per heavy atom. The van der Waals surface area contributed by atoms with Gasteiger partial charge in [0.1, 0.15) is 0 Å². The van der Waals surface area contributed by atoms with E-state index < -0.39 is 0 Å². The zero-order chi connectivity index (χ0) is 10.4. The van der Waals surface area contributed by atoms with Crippen LogP contribution < -0.4 is 5.32 Å². The number of carbonyl (C=O) groups excluding carboxylic acids is 1. The highest BCUT2D eigenvalue weighted by Crippen LogP contribution is 2.10. The summed E-state index contributed by atoms with van der Waals surface area (Å²) in [4.78, 5) is 11.5. The fourth-order valence-electron chi connectivity index (χ4n) is 0.972. The van der Waals surface area contributed by atoms with Gasteiger partial charge < -0.3 is 5.32 Å². The molecule has 1 aromatic carbocycles. The summed E-state index contributed by atoms with van der Waals surface area (Å²) in [6.07, 6.45) is 0.795. The van der Waals surface area contributed by atoms with Crippen LogP contribution in [0, 0.1) is 0 Å². The minimum absolute atomic E-state index is 0.0531. The van der Waals surface area contributed by atoms with Crippen LogP contribution in [0.15, 0.2) is 28.7 Å². The minimum Gasteiger partial charge on any atom is -0.352 e. The Kier molecular flexibility index (Phi) is 4.98. The van der Waals surface area contributed by atoms with Crippen molar-refractivity contribution in [2.75, 3.05) is 12.4 Å². The van der Waals surface area contributed by atoms with Crippen molar-refractivity contribution in [2.24, 2.45) is 0 Å². The molecule has 0 saturated heterocycles. The van der Waals surface area contributed by atoms with Crippen molar-refractivity contribution in [1.29, 1.82) is 0 Å². The van der Waals surface area contributed by atoms with E-state index in [-0.39, 0.29) is 5.91 Å². The van der Waals surface area contributed by atoms with Crippen LogP contribution in [-0.2, 0) is 0 Å². The molecule has 0 aromatic heterocycles. The molecule has 0 aliphatic carbocycles. The van der Waals surface area contributed by atoms with Gasteiger partial charge in [0.25, 0.3) is 5.91 Å². The molecule has 1 rings (SSSR count). The Labute approximate surface area is 96.8 Å². The quantitative estimate of drug-likeness (QED) is 0.665. The lowest BCUT2D eigenvalue weighted by Gasteiger charge is -2.03. The van der Waals surface area contributed by atoms with E-state index in [0.29, 0.717) is 18.0 Å². The first-order valence-electron chi connectivity index (χ1n) is 4.34. The Hall–Kier alpha value is -0.540. The Morgan fingerprint density at radius 3 is 2.57 bits per heavy atom. The van der Waals surface area contributed by atoms with E-state index in [9.17, 15) is 4.79 Å². The molecule has 0 atom stereocenters. The summed E-state index contributed by atoms with van der Waals surface area (Å²) in [5.74, 6) is 0.517. The first kappa shape index (κ1) is 11.5. The van der Waals surface area contributed by atoms with Gasteiger partial charge in [-0.3, -0.25) is 4.79 Å². The van der Waals surface area contributed by atoms with Gasteiger partial charge in [0.05, 0.1) is 0 Å². The predicted octanol–water partition coefficient (Wildman–Crippen LogP) is 2.81. The van der Waals surface area contributed by atoms with Crippen LogP contribution >= 0.6 is 27.5 Å². The molecule has 1 aromatic rings. The average molecular weight is 277 g/mol. The minimum atomic E-state index is -0.0531. The highest BCUT2D eigenvalue weighted by atomic mass is 79.9. The number of halogens is 2. The van der Waals surface area contributed by atoms with Gasteiger partial charge in [0.15, 0.2) is 0 Å². The average Bonchev–Trinajstić information content (AvgIpc) is 2.19. The lowest BCUT2D eigenvalue weighted by molar-refractivity contribution is 0.0954. The van der Waals surface area contributed by atoms with E-state index in [4.69, 9.17) is 11.6 Å². The van der Waals surface area contributed by atoms with Gasteiger partial charge in [-0.1, -0.05) is 15.9 Å². The molecule has 0 unspecified atom stereocenters. The van der Waals surface area contributed by atoms with Crippen molar-refractivity contribution in [3.8, 4) is 0 Å². The number of benzene rings is 1. The Bertz CT molecular complexity index is 299. The van der Waals surface area contributed by atoms with Gasteiger partial charge in [0.2, 0.25) is 0 Å². The van der Waals surface area contributed by atoms with E-state index >= 15 is 0 Å². The molecule has 0 bridgehead atoms. The SMILES string of the molecule is O=C(NCCCCl)c1ccc(Br)cc1. The van der Waals surface area contributed by atoms with Gasteiger partial charge in [0, 0.05) is 22.5 Å². The largest absolute Gasteiger partial charge is 0.352 e. The topological polar surface area (TPSA) is 29.1 Å². The summed E-state index contributed by atoms with van der Waals surface area (Å²) in [6.45, 7) is 0.623. The zero-order valence-corrected chi connectivity index (χ0v) is 9.94. The molecule has 14 heavy (non-hydrogen) atoms. The smallest absolute Gasteiger partial charge is 0.251 e. The number of hydrogen-bond acceptors (Lipinski definition) is 1. The van der Waals surface area contributed by atoms with E-state index in [1.54, 1.807) is 12.1 Å². The Morgan fingerprint density at radius 1 is 1.36 bits per heavy atom. The van der Waals surface area contributed by atoms with Crippen LogP contribution in [0.1, 0.15) is 16.8 Å². The first-order valence-corrected chi connectivity index (χ1v) is 5.66. The van der Waals surface area contributed by atoms with Gasteiger partial charge in [-0.25, -0.2) is 0 Å². The van der Waals surface area contributed by atoms with E-state index in [1.807, 2.05) is 12.1 Å². The van der Waals surface area contributed by atoms with Gasteiger partial charge in [-0.05, 0) is 30.7 Å². The van der Waals surface area contributed by atoms with Crippen LogP contribution in [0.5, 0.6) is 0 Å². The van der Waals surface area contributed by atoms with E-state index in [0.717, 1.165) is 10.9 Å². The molecule has 76 valence electrons. The van der Waals surface area contributed by atoms with Crippen LogP contribution in [0.4, 0.5) is 0 Å². The molecule has 0 heterocycles. The fraction of sp³-hybridized carbons (Fsp3) is 0.300. The number of hydrogen-bond donors (Lipinski definition) is 1. The predicted molar refractivity (Wildman–Crippen MR) is 61.8 cm³/mol. The highest BCUT2D eigenvalue weighted by molar-refractivity contribution is 9.10. The maximum absolute atomic E-state index is 11.5. The van der Waals surface area contributed by atoms with E-state index in [2.05, 4.69) is 21.2 Å². The summed E-state index contributed by atoms with van der Waals surface area (Å²) in [7, 11) is 0. The molecule has 1 amide bonds. The van der Waals surface area contributed by atoms with Crippen LogP contribution in [0.25, 0.3) is 0 Å². The second-order valence-electron chi connectivity index (χ2n) is 2.81. The standard InChI is InChI=1S/C10H11BrClNO/c11-9-4-2-8(3-5-9)10(14)13-7-1-6-12/h2-5H,1,6-7H2,(H,13,14). The second-order valence-corrected chi connectivity index (χ2v) is 4.10. The second kappa shape index (κ2) is 6.04. The monoisotopic (exact) mass is 275 g/mol. The summed E-state index contributed by atoms with van der Waals surface area (Å²) in [6, 6.07) is 7.24. The number of alkyl halides is 1. The molecule has 1 N–H and O–H groups in total. The molecule has 0 saturated carbocycles. The molecule has 0 aliphatic heterocycles. The maximum atomic E-state index is 11.5. The Balaban J connectivity index is 2.48. The number of amides is 1. The van der Waals surface area contributed by atoms with Crippen LogP contribution in [-0.4, -0.2) is 18.3 Å². The lowest BCUT2D eigenvalue weighted by atomic mass is 10.2.